The van der Waals surface area contributed by atoms with Crippen LogP contribution in [0.5, 0.6) is 5.88 Å². The van der Waals surface area contributed by atoms with Crippen LogP contribution in [0.15, 0.2) is 30.7 Å². The van der Waals surface area contributed by atoms with Gasteiger partial charge >= 0.3 is 12.1 Å². The summed E-state index contributed by atoms with van der Waals surface area (Å²) in [5, 5.41) is 12.0. The molecule has 3 aromatic heterocycles. The zero-order chi connectivity index (χ0) is 27.7. The molecule has 12 heteroatoms. The lowest BCUT2D eigenvalue weighted by Crippen LogP contribution is -2.42. The molecule has 0 aliphatic carbocycles. The summed E-state index contributed by atoms with van der Waals surface area (Å²) in [5.41, 5.74) is 4.32. The normalized spacial score (nSPS) is 14.7. The Morgan fingerprint density at radius 1 is 1.13 bits per heavy atom. The third-order valence-electron chi connectivity index (χ3n) is 6.39. The number of amides is 1. The van der Waals surface area contributed by atoms with Gasteiger partial charge in [0, 0.05) is 24.5 Å². The fourth-order valence-corrected chi connectivity index (χ4v) is 4.61. The Morgan fingerprint density at radius 2 is 1.95 bits per heavy atom. The highest BCUT2D eigenvalue weighted by Crippen LogP contribution is 2.39. The van der Waals surface area contributed by atoms with E-state index in [4.69, 9.17) is 19.6 Å². The van der Waals surface area contributed by atoms with Crippen molar-refractivity contribution >= 4 is 35.2 Å². The van der Waals surface area contributed by atoms with Gasteiger partial charge in [0.2, 0.25) is 11.8 Å². The standard InChI is InChI=1S/C27H31N7O5/c1-16-20(14-29-24-23(16)34(9-10-38-24)26(37)39-27(2,3)4)33-8-7-18-13-30-25(31-19(18)15-33)32-21-6-5-17(12-28-21)11-22(35)36/h5-6,12-14H,7-11,15H2,1-4H3,(H,35,36)(H,28,30,31,32). The summed E-state index contributed by atoms with van der Waals surface area (Å²) in [5.74, 6) is 0.434. The van der Waals surface area contributed by atoms with Crippen molar-refractivity contribution in [1.29, 1.82) is 0 Å². The van der Waals surface area contributed by atoms with E-state index < -0.39 is 17.7 Å². The predicted molar refractivity (Wildman–Crippen MR) is 144 cm³/mol. The van der Waals surface area contributed by atoms with Gasteiger partial charge in [0.15, 0.2) is 0 Å². The number of carboxylic acids is 1. The van der Waals surface area contributed by atoms with Crippen molar-refractivity contribution in [2.45, 2.75) is 52.7 Å². The van der Waals surface area contributed by atoms with Crippen LogP contribution in [0.1, 0.15) is 43.2 Å². The quantitative estimate of drug-likeness (QED) is 0.496. The van der Waals surface area contributed by atoms with Crippen LogP contribution in [0.25, 0.3) is 0 Å². The summed E-state index contributed by atoms with van der Waals surface area (Å²) in [7, 11) is 0. The Balaban J connectivity index is 1.36. The maximum atomic E-state index is 13.0. The van der Waals surface area contributed by atoms with E-state index >= 15 is 0 Å². The molecule has 0 aromatic carbocycles. The van der Waals surface area contributed by atoms with Gasteiger partial charge in [-0.1, -0.05) is 6.07 Å². The average molecular weight is 534 g/mol. The van der Waals surface area contributed by atoms with Gasteiger partial charge < -0.3 is 24.8 Å². The van der Waals surface area contributed by atoms with Crippen molar-refractivity contribution < 1.29 is 24.2 Å². The zero-order valence-corrected chi connectivity index (χ0v) is 22.4. The van der Waals surface area contributed by atoms with E-state index in [9.17, 15) is 9.59 Å². The second-order valence-corrected chi connectivity index (χ2v) is 10.5. The summed E-state index contributed by atoms with van der Waals surface area (Å²) in [6, 6.07) is 3.41. The Kier molecular flexibility index (Phi) is 6.94. The molecular formula is C27H31N7O5. The molecule has 0 spiro atoms. The van der Waals surface area contributed by atoms with E-state index in [0.717, 1.165) is 35.5 Å². The SMILES string of the molecule is Cc1c(N2CCc3cnc(Nc4ccc(CC(=O)O)cn4)nc3C2)cnc2c1N(C(=O)OC(C)(C)C)CCO2. The van der Waals surface area contributed by atoms with Gasteiger partial charge in [-0.25, -0.2) is 24.7 Å². The molecule has 2 aliphatic rings. The molecule has 0 saturated heterocycles. The maximum Gasteiger partial charge on any atom is 0.415 e. The van der Waals surface area contributed by atoms with Crippen molar-refractivity contribution in [3.63, 3.8) is 0 Å². The van der Waals surface area contributed by atoms with Gasteiger partial charge in [-0.2, -0.15) is 0 Å². The molecule has 0 bridgehead atoms. The van der Waals surface area contributed by atoms with Crippen molar-refractivity contribution in [2.75, 3.05) is 34.8 Å². The molecule has 1 amide bonds. The number of aliphatic carboxylic acids is 1. The largest absolute Gasteiger partial charge is 0.481 e. The Labute approximate surface area is 226 Å². The number of pyridine rings is 2. The van der Waals surface area contributed by atoms with E-state index in [0.29, 0.717) is 48.6 Å². The van der Waals surface area contributed by atoms with Crippen LogP contribution in [0.3, 0.4) is 0 Å². The van der Waals surface area contributed by atoms with Gasteiger partial charge in [-0.3, -0.25) is 9.69 Å². The number of carbonyl (C=O) groups excluding carboxylic acids is 1. The third kappa shape index (κ3) is 5.84. The molecule has 0 saturated carbocycles. The highest BCUT2D eigenvalue weighted by molar-refractivity contribution is 5.92. The number of nitrogens with zero attached hydrogens (tertiary/aromatic N) is 6. The lowest BCUT2D eigenvalue weighted by atomic mass is 10.0. The molecular weight excluding hydrogens is 502 g/mol. The molecule has 12 nitrogen and oxygen atoms in total. The number of carbonyl (C=O) groups is 2. The highest BCUT2D eigenvalue weighted by Gasteiger charge is 2.32. The maximum absolute atomic E-state index is 13.0. The molecule has 3 aromatic rings. The third-order valence-corrected chi connectivity index (χ3v) is 6.39. The predicted octanol–water partition coefficient (Wildman–Crippen LogP) is 3.64. The summed E-state index contributed by atoms with van der Waals surface area (Å²) in [4.78, 5) is 45.6. The van der Waals surface area contributed by atoms with E-state index in [2.05, 4.69) is 25.2 Å². The molecule has 2 N–H and O–H groups in total. The summed E-state index contributed by atoms with van der Waals surface area (Å²) in [6.45, 7) is 9.49. The lowest BCUT2D eigenvalue weighted by Gasteiger charge is -2.35. The first-order valence-electron chi connectivity index (χ1n) is 12.7. The number of rotatable bonds is 5. The van der Waals surface area contributed by atoms with E-state index in [-0.39, 0.29) is 6.42 Å². The number of hydrogen-bond acceptors (Lipinski definition) is 10. The minimum Gasteiger partial charge on any atom is -0.481 e. The molecule has 0 fully saturated rings. The van der Waals surface area contributed by atoms with Gasteiger partial charge in [0.1, 0.15) is 23.7 Å². The zero-order valence-electron chi connectivity index (χ0n) is 22.4. The average Bonchev–Trinajstić information content (AvgIpc) is 2.88. The Bertz CT molecular complexity index is 1400. The highest BCUT2D eigenvalue weighted by atomic mass is 16.6. The van der Waals surface area contributed by atoms with Gasteiger partial charge in [0.25, 0.3) is 0 Å². The first kappa shape index (κ1) is 26.1. The first-order valence-corrected chi connectivity index (χ1v) is 12.7. The van der Waals surface area contributed by atoms with Crippen molar-refractivity contribution in [3.8, 4) is 5.88 Å². The molecule has 0 unspecified atom stereocenters. The van der Waals surface area contributed by atoms with Crippen LogP contribution in [-0.4, -0.2) is 62.4 Å². The lowest BCUT2D eigenvalue weighted by molar-refractivity contribution is -0.136. The molecule has 0 radical (unpaired) electrons. The number of aromatic nitrogens is 4. The van der Waals surface area contributed by atoms with Gasteiger partial charge in [-0.05, 0) is 51.3 Å². The fraction of sp³-hybridized carbons (Fsp3) is 0.407. The van der Waals surface area contributed by atoms with Crippen molar-refractivity contribution in [2.24, 2.45) is 0 Å². The van der Waals surface area contributed by atoms with E-state index in [1.807, 2.05) is 33.9 Å². The number of fused-ring (bicyclic) bond motifs is 2. The molecule has 39 heavy (non-hydrogen) atoms. The van der Waals surface area contributed by atoms with Crippen LogP contribution in [0, 0.1) is 6.92 Å². The smallest absolute Gasteiger partial charge is 0.415 e. The number of carboxylic acid groups (broad SMARTS) is 1. The van der Waals surface area contributed by atoms with Crippen LogP contribution in [0.4, 0.5) is 27.9 Å². The van der Waals surface area contributed by atoms with Crippen LogP contribution >= 0.6 is 0 Å². The number of anilines is 4. The second-order valence-electron chi connectivity index (χ2n) is 10.5. The number of nitrogens with one attached hydrogen (secondary N) is 1. The number of hydrogen-bond donors (Lipinski definition) is 2. The summed E-state index contributed by atoms with van der Waals surface area (Å²) >= 11 is 0. The summed E-state index contributed by atoms with van der Waals surface area (Å²) < 4.78 is 11.4. The van der Waals surface area contributed by atoms with Gasteiger partial charge in [-0.15, -0.1) is 0 Å². The van der Waals surface area contributed by atoms with Crippen molar-refractivity contribution in [3.05, 3.63) is 53.1 Å². The minimum atomic E-state index is -0.908. The number of ether oxygens (including phenoxy) is 2. The van der Waals surface area contributed by atoms with Gasteiger partial charge in [0.05, 0.1) is 37.1 Å². The van der Waals surface area contributed by atoms with Crippen molar-refractivity contribution in [1.82, 2.24) is 19.9 Å². The minimum absolute atomic E-state index is 0.0862. The fourth-order valence-electron chi connectivity index (χ4n) is 4.61. The molecule has 2 aliphatic heterocycles. The second kappa shape index (κ2) is 10.4. The van der Waals surface area contributed by atoms with Crippen LogP contribution < -0.4 is 19.9 Å². The molecule has 204 valence electrons. The Morgan fingerprint density at radius 3 is 2.67 bits per heavy atom. The monoisotopic (exact) mass is 533 g/mol. The van der Waals surface area contributed by atoms with E-state index in [1.165, 1.54) is 6.20 Å². The Hall–Kier alpha value is -4.48. The van der Waals surface area contributed by atoms with E-state index in [1.54, 1.807) is 23.2 Å². The molecule has 0 atom stereocenters. The molecule has 5 rings (SSSR count). The van der Waals surface area contributed by atoms with Crippen LogP contribution in [-0.2, 0) is 28.9 Å². The topological polar surface area (TPSA) is 143 Å². The first-order chi connectivity index (χ1) is 18.6. The summed E-state index contributed by atoms with van der Waals surface area (Å²) in [6.07, 6.45) is 5.35. The molecule has 5 heterocycles. The van der Waals surface area contributed by atoms with Crippen LogP contribution in [0.2, 0.25) is 0 Å².